The van der Waals surface area contributed by atoms with Crippen LogP contribution >= 0.6 is 11.3 Å². The number of cyclic esters (lactones) is 1. The van der Waals surface area contributed by atoms with Crippen LogP contribution in [0.4, 0.5) is 0 Å². The number of pyridine rings is 1. The molecule has 3 aromatic heterocycles. The number of hydrazine groups is 1. The van der Waals surface area contributed by atoms with E-state index in [4.69, 9.17) is 19.4 Å². The van der Waals surface area contributed by atoms with Gasteiger partial charge in [0.25, 0.3) is 5.91 Å². The summed E-state index contributed by atoms with van der Waals surface area (Å²) in [6.07, 6.45) is 7.15. The van der Waals surface area contributed by atoms with Crippen LogP contribution in [0.3, 0.4) is 0 Å². The number of aldehydes is 1. The molecule has 3 aliphatic rings. The molecule has 4 atom stereocenters. The highest BCUT2D eigenvalue weighted by Gasteiger charge is 2.41. The SMILES string of the molecule is CCn1c(-c2cccnc2C(C)OC)c2c3cc(ccc31)-c1csc(n1)CC(NC(=O)C(C(C)C)N(C)C(=O)C1CN(C/C=C/C=O)C1)C(=O)N1CCCC(N1)C(=O)OCC(C)(C)C2. The Morgan fingerprint density at radius 1 is 1.17 bits per heavy atom. The van der Waals surface area contributed by atoms with Crippen LogP contribution in [-0.2, 0) is 52.8 Å². The fourth-order valence-electron chi connectivity index (χ4n) is 9.31. The first kappa shape index (κ1) is 46.7. The lowest BCUT2D eigenvalue weighted by molar-refractivity contribution is -0.155. The van der Waals surface area contributed by atoms with Gasteiger partial charge in [-0.3, -0.25) is 38.9 Å². The molecule has 6 bridgehead atoms. The van der Waals surface area contributed by atoms with Gasteiger partial charge < -0.3 is 24.3 Å². The van der Waals surface area contributed by atoms with Gasteiger partial charge in [-0.1, -0.05) is 39.8 Å². The van der Waals surface area contributed by atoms with Gasteiger partial charge in [-0.05, 0) is 74.9 Å². The summed E-state index contributed by atoms with van der Waals surface area (Å²) in [6.45, 7) is 14.8. The van der Waals surface area contributed by atoms with Gasteiger partial charge in [-0.15, -0.1) is 11.3 Å². The van der Waals surface area contributed by atoms with Crippen molar-refractivity contribution in [2.45, 2.75) is 98.0 Å². The van der Waals surface area contributed by atoms with Gasteiger partial charge in [-0.2, -0.15) is 0 Å². The normalized spacial score (nSPS) is 20.7. The van der Waals surface area contributed by atoms with Gasteiger partial charge >= 0.3 is 5.97 Å². The van der Waals surface area contributed by atoms with E-state index in [0.717, 1.165) is 51.0 Å². The van der Waals surface area contributed by atoms with E-state index in [1.807, 2.05) is 32.2 Å². The van der Waals surface area contributed by atoms with Crippen LogP contribution < -0.4 is 10.7 Å². The fraction of sp³-hybridized carbons (Fsp3) is 0.521. The number of fused-ring (bicyclic) bond motifs is 6. The minimum absolute atomic E-state index is 0.0937. The summed E-state index contributed by atoms with van der Waals surface area (Å²) in [5.41, 5.74) is 9.30. The molecule has 342 valence electrons. The quantitative estimate of drug-likeness (QED) is 0.107. The van der Waals surface area contributed by atoms with Gasteiger partial charge in [0.1, 0.15) is 24.4 Å². The molecular formula is C48H62N8O7S. The fourth-order valence-corrected chi connectivity index (χ4v) is 10.2. The highest BCUT2D eigenvalue weighted by Crippen LogP contribution is 2.42. The standard InChI is InChI=1S/C48H62N8O7S/c1-9-55-39-17-16-31-22-34(39)35(43(55)33-14-12-18-49-41(33)30(4)62-8)24-48(5,6)28-63-47(61)36-15-13-20-56(52-36)46(60)37(23-40-50-38(31)27-64-40)51-44(58)42(29(2)3)53(7)45(59)32-25-54(26-32)19-10-11-21-57/h10-12,14,16-18,21-22,27,29-30,32,36-37,42,52H,9,13,15,19-20,23-26,28H2,1-8H3,(H,51,58)/b11-10+. The molecule has 2 saturated heterocycles. The summed E-state index contributed by atoms with van der Waals surface area (Å²) >= 11 is 1.42. The minimum atomic E-state index is -1.06. The third-order valence-corrected chi connectivity index (χ3v) is 13.6. The number of carbonyl (C=O) groups excluding carboxylic acids is 5. The number of likely N-dealkylation sites (tertiary alicyclic amines) is 1. The zero-order chi connectivity index (χ0) is 45.9. The summed E-state index contributed by atoms with van der Waals surface area (Å²) in [4.78, 5) is 80.6. The van der Waals surface area contributed by atoms with Crippen LogP contribution in [0.2, 0.25) is 0 Å². The number of nitrogens with zero attached hydrogens (tertiary/aromatic N) is 6. The van der Waals surface area contributed by atoms with Crippen LogP contribution in [0, 0.1) is 17.3 Å². The van der Waals surface area contributed by atoms with Crippen LogP contribution in [0.15, 0.2) is 54.1 Å². The summed E-state index contributed by atoms with van der Waals surface area (Å²) < 4.78 is 14.2. The Kier molecular flexibility index (Phi) is 14.5. The maximum Gasteiger partial charge on any atom is 0.324 e. The number of hydrogen-bond acceptors (Lipinski definition) is 12. The second-order valence-corrected chi connectivity index (χ2v) is 19.3. The molecule has 0 spiro atoms. The predicted octanol–water partition coefficient (Wildman–Crippen LogP) is 5.37. The zero-order valence-corrected chi connectivity index (χ0v) is 39.1. The Morgan fingerprint density at radius 3 is 2.67 bits per heavy atom. The summed E-state index contributed by atoms with van der Waals surface area (Å²) in [5.74, 6) is -2.02. The Labute approximate surface area is 379 Å². The number of ether oxygens (including phenoxy) is 2. The first-order chi connectivity index (χ1) is 30.6. The second-order valence-electron chi connectivity index (χ2n) is 18.4. The van der Waals surface area contributed by atoms with Gasteiger partial charge in [0.05, 0.1) is 40.7 Å². The number of aryl methyl sites for hydroxylation is 1. The molecule has 3 aliphatic heterocycles. The van der Waals surface area contributed by atoms with Crippen LogP contribution in [0.5, 0.6) is 0 Å². The molecule has 6 heterocycles. The van der Waals surface area contributed by atoms with Crippen molar-refractivity contribution in [1.29, 1.82) is 0 Å². The number of likely N-dealkylation sites (N-methyl/N-ethyl adjacent to an activating group) is 1. The first-order valence-corrected chi connectivity index (χ1v) is 23.2. The van der Waals surface area contributed by atoms with Crippen molar-refractivity contribution < 1.29 is 33.4 Å². The van der Waals surface area contributed by atoms with E-state index in [2.05, 4.69) is 65.2 Å². The van der Waals surface area contributed by atoms with E-state index < -0.39 is 41.3 Å². The topological polar surface area (TPSA) is 168 Å². The molecule has 15 nitrogen and oxygen atoms in total. The number of esters is 1. The van der Waals surface area contributed by atoms with Crippen LogP contribution in [0.1, 0.15) is 76.8 Å². The number of hydrogen-bond donors (Lipinski definition) is 2. The molecule has 0 saturated carbocycles. The van der Waals surface area contributed by atoms with Crippen LogP contribution in [-0.4, -0.2) is 124 Å². The highest BCUT2D eigenvalue weighted by atomic mass is 32.1. The van der Waals surface area contributed by atoms with Gasteiger partial charge in [0.15, 0.2) is 0 Å². The zero-order valence-electron chi connectivity index (χ0n) is 38.3. The van der Waals surface area contributed by atoms with Crippen molar-refractivity contribution in [3.05, 3.63) is 70.3 Å². The van der Waals surface area contributed by atoms with E-state index >= 15 is 0 Å². The number of methoxy groups -OCH3 is 1. The van der Waals surface area contributed by atoms with E-state index in [1.165, 1.54) is 27.3 Å². The Bertz CT molecular complexity index is 2400. The van der Waals surface area contributed by atoms with Crippen molar-refractivity contribution >= 4 is 52.2 Å². The van der Waals surface area contributed by atoms with Crippen molar-refractivity contribution in [3.8, 4) is 22.5 Å². The molecule has 2 N–H and O–H groups in total. The van der Waals surface area contributed by atoms with E-state index in [0.29, 0.717) is 57.0 Å². The van der Waals surface area contributed by atoms with Gasteiger partial charge in [0, 0.05) is 92.3 Å². The lowest BCUT2D eigenvalue weighted by atomic mass is 9.84. The van der Waals surface area contributed by atoms with Crippen molar-refractivity contribution in [3.63, 3.8) is 0 Å². The number of aromatic nitrogens is 3. The molecule has 0 radical (unpaired) electrons. The number of rotatable bonds is 12. The lowest BCUT2D eigenvalue weighted by Crippen LogP contribution is -2.63. The molecule has 3 amide bonds. The van der Waals surface area contributed by atoms with Crippen LogP contribution in [0.25, 0.3) is 33.4 Å². The number of allylic oxidation sites excluding steroid dienone is 1. The minimum Gasteiger partial charge on any atom is -0.464 e. The molecular weight excluding hydrogens is 833 g/mol. The maximum absolute atomic E-state index is 14.6. The van der Waals surface area contributed by atoms with Crippen molar-refractivity contribution in [2.24, 2.45) is 17.3 Å². The number of nitrogens with one attached hydrogen (secondary N) is 2. The first-order valence-electron chi connectivity index (χ1n) is 22.4. The number of carbonyl (C=O) groups is 5. The number of benzene rings is 1. The monoisotopic (exact) mass is 894 g/mol. The highest BCUT2D eigenvalue weighted by molar-refractivity contribution is 7.10. The predicted molar refractivity (Wildman–Crippen MR) is 246 cm³/mol. The summed E-state index contributed by atoms with van der Waals surface area (Å²) in [7, 11) is 3.32. The smallest absolute Gasteiger partial charge is 0.324 e. The molecule has 0 aliphatic carbocycles. The van der Waals surface area contributed by atoms with Crippen molar-refractivity contribution in [1.82, 2.24) is 40.1 Å². The largest absolute Gasteiger partial charge is 0.464 e. The molecule has 64 heavy (non-hydrogen) atoms. The average Bonchev–Trinajstić information content (AvgIpc) is 3.86. The Balaban J connectivity index is 1.25. The molecule has 2 fully saturated rings. The number of thiazole rings is 1. The van der Waals surface area contributed by atoms with Gasteiger partial charge in [-0.25, -0.2) is 10.4 Å². The van der Waals surface area contributed by atoms with Gasteiger partial charge in [0.2, 0.25) is 11.8 Å². The molecule has 1 aromatic carbocycles. The summed E-state index contributed by atoms with van der Waals surface area (Å²) in [5, 5.41) is 8.14. The van der Waals surface area contributed by atoms with E-state index in [1.54, 1.807) is 26.4 Å². The third-order valence-electron chi connectivity index (χ3n) is 12.7. The second kappa shape index (κ2) is 19.8. The van der Waals surface area contributed by atoms with E-state index in [-0.39, 0.29) is 36.9 Å². The Hall–Kier alpha value is -5.29. The Morgan fingerprint density at radius 2 is 1.95 bits per heavy atom. The average molecular weight is 895 g/mol. The van der Waals surface area contributed by atoms with E-state index in [9.17, 15) is 24.0 Å². The summed E-state index contributed by atoms with van der Waals surface area (Å²) in [6, 6.07) is 7.73. The lowest BCUT2D eigenvalue weighted by Gasteiger charge is -2.41. The molecule has 4 unspecified atom stereocenters. The third kappa shape index (κ3) is 9.84. The molecule has 7 rings (SSSR count). The number of amides is 3. The van der Waals surface area contributed by atoms with Crippen molar-refractivity contribution in [2.75, 3.05) is 46.9 Å². The molecule has 4 aromatic rings. The molecule has 16 heteroatoms. The maximum atomic E-state index is 14.6.